The topological polar surface area (TPSA) is 55.1 Å². The number of aryl methyl sites for hydroxylation is 3. The second-order valence-corrected chi connectivity index (χ2v) is 16.2. The van der Waals surface area contributed by atoms with Crippen LogP contribution in [0.3, 0.4) is 0 Å². The minimum Gasteiger partial charge on any atom is -0.391 e. The van der Waals surface area contributed by atoms with E-state index < -0.39 is 16.4 Å². The van der Waals surface area contributed by atoms with Crippen molar-refractivity contribution < 1.29 is 9.90 Å². The van der Waals surface area contributed by atoms with E-state index in [4.69, 9.17) is 16.7 Å². The van der Waals surface area contributed by atoms with E-state index in [0.29, 0.717) is 24.5 Å². The fourth-order valence-electron chi connectivity index (χ4n) is 10.7. The molecule has 8 atom stereocenters. The lowest BCUT2D eigenvalue weighted by Crippen LogP contribution is -2.68. The summed E-state index contributed by atoms with van der Waals surface area (Å²) in [6.07, 6.45) is 10.5. The van der Waals surface area contributed by atoms with Crippen LogP contribution in [-0.4, -0.2) is 31.6 Å². The molecule has 1 aromatic heterocycles. The highest BCUT2D eigenvalue weighted by atomic mass is 35.5. The van der Waals surface area contributed by atoms with Crippen molar-refractivity contribution in [3.05, 3.63) is 88.2 Å². The first kappa shape index (κ1) is 30.9. The normalized spacial score (nSPS) is 36.8. The third-order valence-corrected chi connectivity index (χ3v) is 14.6. The van der Waals surface area contributed by atoms with Crippen LogP contribution in [0.15, 0.2) is 60.3 Å². The molecule has 4 nitrogen and oxygen atoms in total. The zero-order chi connectivity index (χ0) is 31.9. The van der Waals surface area contributed by atoms with Gasteiger partial charge in [0.25, 0.3) is 0 Å². The van der Waals surface area contributed by atoms with E-state index in [0.717, 1.165) is 49.9 Å². The molecule has 238 valence electrons. The van der Waals surface area contributed by atoms with Crippen molar-refractivity contribution in [2.45, 2.75) is 104 Å². The Hall–Kier alpha value is -2.69. The number of aliphatic hydroxyl groups excluding tert-OH is 1. The Morgan fingerprint density at radius 3 is 2.53 bits per heavy atom. The first-order valence-electron chi connectivity index (χ1n) is 17.2. The molecular formula is C40H49ClN2O2. The number of aromatic nitrogens is 2. The summed E-state index contributed by atoms with van der Waals surface area (Å²) in [5.41, 5.74) is 7.63. The van der Waals surface area contributed by atoms with Gasteiger partial charge in [-0.2, -0.15) is 5.10 Å². The van der Waals surface area contributed by atoms with Crippen LogP contribution in [0.1, 0.15) is 94.7 Å². The van der Waals surface area contributed by atoms with Gasteiger partial charge in [-0.15, -0.1) is 11.6 Å². The molecule has 3 fully saturated rings. The summed E-state index contributed by atoms with van der Waals surface area (Å²) in [5.74, 6) is 1.09. The Morgan fingerprint density at radius 2 is 1.80 bits per heavy atom. The van der Waals surface area contributed by atoms with Gasteiger partial charge in [0, 0.05) is 17.3 Å². The van der Waals surface area contributed by atoms with Crippen molar-refractivity contribution in [3.8, 4) is 5.69 Å². The Bertz CT molecular complexity index is 1670. The smallest absolute Gasteiger partial charge is 0.139 e. The molecule has 4 aliphatic carbocycles. The molecule has 0 spiro atoms. The summed E-state index contributed by atoms with van der Waals surface area (Å²) in [6.45, 7) is 13.1. The second-order valence-electron chi connectivity index (χ2n) is 15.6. The lowest BCUT2D eigenvalue weighted by molar-refractivity contribution is -0.153. The van der Waals surface area contributed by atoms with Crippen LogP contribution in [0.2, 0.25) is 0 Å². The molecule has 0 amide bonds. The first-order chi connectivity index (χ1) is 21.4. The molecule has 0 unspecified atom stereocenters. The standard InChI is InChI=1S/C40H49ClN2O2/c1-7-35(44)39(6)26(3)19-33-32-18-17-30-21-34-29(22-37(30,4)40(32,41)36(45)23-38(33,39)5)24-42-43(34)31-10-8-9-28(20-31)16-15-27-13-11-25(2)12-14-27/h8-14,20-21,24,26,32-33,36,45H,7,15-19,22-23H2,1-6H3/t26-,32-,33-,36-,37-,38-,39+,40-/m0/s1. The van der Waals surface area contributed by atoms with Gasteiger partial charge < -0.3 is 5.11 Å². The summed E-state index contributed by atoms with van der Waals surface area (Å²) in [5, 5.41) is 17.1. The number of carbonyl (C=O) groups excluding carboxylic acids is 1. The number of ketones is 1. The number of allylic oxidation sites excluding steroid dienone is 1. The number of fused-ring (bicyclic) bond motifs is 6. The van der Waals surface area contributed by atoms with Crippen molar-refractivity contribution in [2.75, 3.05) is 0 Å². The van der Waals surface area contributed by atoms with Gasteiger partial charge in [-0.05, 0) is 110 Å². The summed E-state index contributed by atoms with van der Waals surface area (Å²) < 4.78 is 2.10. The molecular weight excluding hydrogens is 576 g/mol. The number of hydrogen-bond donors (Lipinski definition) is 1. The minimum absolute atomic E-state index is 0.158. The zero-order valence-electron chi connectivity index (χ0n) is 27.9. The molecule has 5 heteroatoms. The monoisotopic (exact) mass is 624 g/mol. The summed E-state index contributed by atoms with van der Waals surface area (Å²) >= 11 is 7.93. The van der Waals surface area contributed by atoms with Crippen molar-refractivity contribution in [3.63, 3.8) is 0 Å². The SMILES string of the molecule is CCC(=O)[C@@]1(C)[C@@H](C)C[C@H]2[C@@H]3CCC4=Cc5c(cnn5-c5cccc(CCc6ccc(C)cc6)c5)C[C@]4(C)[C@@]3(Cl)[C@@H](O)C[C@@]21C. The van der Waals surface area contributed by atoms with Crippen molar-refractivity contribution in [2.24, 2.45) is 34.0 Å². The lowest BCUT2D eigenvalue weighted by atomic mass is 9.43. The van der Waals surface area contributed by atoms with Gasteiger partial charge in [0.15, 0.2) is 0 Å². The van der Waals surface area contributed by atoms with Gasteiger partial charge in [-0.25, -0.2) is 4.68 Å². The fourth-order valence-corrected chi connectivity index (χ4v) is 11.2. The van der Waals surface area contributed by atoms with Crippen LogP contribution in [0.4, 0.5) is 0 Å². The molecule has 4 aliphatic rings. The minimum atomic E-state index is -0.781. The molecule has 1 N–H and O–H groups in total. The zero-order valence-corrected chi connectivity index (χ0v) is 28.6. The number of benzene rings is 2. The molecule has 0 radical (unpaired) electrons. The highest BCUT2D eigenvalue weighted by Crippen LogP contribution is 2.74. The predicted octanol–water partition coefficient (Wildman–Crippen LogP) is 8.71. The Kier molecular flexibility index (Phi) is 7.34. The van der Waals surface area contributed by atoms with Crippen LogP contribution in [0, 0.1) is 40.9 Å². The number of alkyl halides is 1. The van der Waals surface area contributed by atoms with Crippen LogP contribution >= 0.6 is 11.6 Å². The van der Waals surface area contributed by atoms with Crippen LogP contribution in [0.25, 0.3) is 11.8 Å². The average Bonchev–Trinajstić information content (AvgIpc) is 3.51. The van der Waals surface area contributed by atoms with E-state index in [1.807, 2.05) is 13.1 Å². The van der Waals surface area contributed by atoms with Gasteiger partial charge in [-0.1, -0.05) is 82.2 Å². The Labute approximate surface area is 274 Å². The maximum atomic E-state index is 13.5. The van der Waals surface area contributed by atoms with Crippen LogP contribution in [-0.2, 0) is 24.1 Å². The van der Waals surface area contributed by atoms with Gasteiger partial charge in [0.1, 0.15) is 5.78 Å². The van der Waals surface area contributed by atoms with E-state index in [1.54, 1.807) is 0 Å². The second kappa shape index (κ2) is 10.7. The number of Topliss-reactive ketones (excluding diaryl/α,β-unsaturated/α-hetero) is 1. The molecule has 7 rings (SSSR count). The van der Waals surface area contributed by atoms with Gasteiger partial charge >= 0.3 is 0 Å². The van der Waals surface area contributed by atoms with E-state index in [-0.39, 0.29) is 22.7 Å². The molecule has 45 heavy (non-hydrogen) atoms. The number of aliphatic hydroxyl groups is 1. The maximum Gasteiger partial charge on any atom is 0.139 e. The number of hydrogen-bond acceptors (Lipinski definition) is 3. The number of nitrogens with zero attached hydrogens (tertiary/aromatic N) is 2. The molecule has 1 heterocycles. The van der Waals surface area contributed by atoms with Crippen molar-refractivity contribution in [1.29, 1.82) is 0 Å². The average molecular weight is 625 g/mol. The predicted molar refractivity (Wildman–Crippen MR) is 183 cm³/mol. The van der Waals surface area contributed by atoms with Gasteiger partial charge in [0.05, 0.1) is 28.6 Å². The molecule has 3 aromatic rings. The van der Waals surface area contributed by atoms with Crippen LogP contribution in [0.5, 0.6) is 0 Å². The van der Waals surface area contributed by atoms with E-state index >= 15 is 0 Å². The molecule has 0 saturated heterocycles. The third-order valence-electron chi connectivity index (χ3n) is 13.6. The highest BCUT2D eigenvalue weighted by molar-refractivity contribution is 6.26. The number of rotatable bonds is 6. The summed E-state index contributed by atoms with van der Waals surface area (Å²) in [4.78, 5) is 12.7. The number of halogens is 1. The molecule has 3 saturated carbocycles. The van der Waals surface area contributed by atoms with E-state index in [2.05, 4.69) is 93.9 Å². The molecule has 2 aromatic carbocycles. The molecule has 0 aliphatic heterocycles. The van der Waals surface area contributed by atoms with Crippen molar-refractivity contribution >= 4 is 23.5 Å². The van der Waals surface area contributed by atoms with Crippen LogP contribution < -0.4 is 0 Å². The van der Waals surface area contributed by atoms with Crippen molar-refractivity contribution in [1.82, 2.24) is 9.78 Å². The van der Waals surface area contributed by atoms with E-state index in [1.165, 1.54) is 27.8 Å². The third kappa shape index (κ3) is 4.27. The fraction of sp³-hybridized carbons (Fsp3) is 0.550. The number of carbonyl (C=O) groups is 1. The summed E-state index contributed by atoms with van der Waals surface area (Å²) in [7, 11) is 0. The Morgan fingerprint density at radius 1 is 1.07 bits per heavy atom. The summed E-state index contributed by atoms with van der Waals surface area (Å²) in [6, 6.07) is 17.6. The molecule has 0 bridgehead atoms. The highest BCUT2D eigenvalue weighted by Gasteiger charge is 2.73. The van der Waals surface area contributed by atoms with Gasteiger partial charge in [0.2, 0.25) is 0 Å². The quantitative estimate of drug-likeness (QED) is 0.279. The largest absolute Gasteiger partial charge is 0.391 e. The van der Waals surface area contributed by atoms with Gasteiger partial charge in [-0.3, -0.25) is 4.79 Å². The van der Waals surface area contributed by atoms with E-state index in [9.17, 15) is 9.90 Å². The lowest BCUT2D eigenvalue weighted by Gasteiger charge is -2.65. The first-order valence-corrected chi connectivity index (χ1v) is 17.6. The maximum absolute atomic E-state index is 13.5. The Balaban J connectivity index is 1.19.